The van der Waals surface area contributed by atoms with Crippen LogP contribution in [0.3, 0.4) is 0 Å². The fourth-order valence-electron chi connectivity index (χ4n) is 4.83. The number of hydrogen-bond acceptors (Lipinski definition) is 6. The number of allylic oxidation sites excluding steroid dienone is 4. The number of Topliss-reactive ketones (excluding diaryl/α,β-unsaturated/α-hetero) is 1. The van der Waals surface area contributed by atoms with Gasteiger partial charge in [0, 0.05) is 16.8 Å². The molecule has 3 rings (SSSR count). The first kappa shape index (κ1) is 31.5. The lowest BCUT2D eigenvalue weighted by Gasteiger charge is -2.30. The van der Waals surface area contributed by atoms with Crippen molar-refractivity contribution in [2.45, 2.75) is 94.9 Å². The second-order valence-electron chi connectivity index (χ2n) is 13.0. The van der Waals surface area contributed by atoms with E-state index in [0.717, 1.165) is 11.4 Å². The number of aromatic nitrogens is 1. The number of ketones is 1. The van der Waals surface area contributed by atoms with Crippen molar-refractivity contribution in [2.75, 3.05) is 6.61 Å². The molecule has 1 aromatic carbocycles. The summed E-state index contributed by atoms with van der Waals surface area (Å²) in [6.07, 6.45) is 3.69. The van der Waals surface area contributed by atoms with E-state index in [-0.39, 0.29) is 34.4 Å². The van der Waals surface area contributed by atoms with Gasteiger partial charge >= 0.3 is 5.97 Å². The second kappa shape index (κ2) is 11.8. The third-order valence-corrected chi connectivity index (χ3v) is 8.13. The Balaban J connectivity index is 2.41. The van der Waals surface area contributed by atoms with Crippen molar-refractivity contribution in [1.29, 1.82) is 0 Å². The number of hydrogen-bond donors (Lipinski definition) is 0. The maximum atomic E-state index is 13.4. The number of benzene rings is 1. The van der Waals surface area contributed by atoms with Crippen LogP contribution in [0.4, 0.5) is 0 Å². The van der Waals surface area contributed by atoms with E-state index in [0.29, 0.717) is 33.1 Å². The summed E-state index contributed by atoms with van der Waals surface area (Å²) < 4.78 is 7.46. The molecule has 7 heteroatoms. The fraction of sp³-hybridized carbons (Fsp3) is 0.515. The molecule has 1 aliphatic carbocycles. The quantitative estimate of drug-likeness (QED) is 0.203. The molecule has 0 atom stereocenters. The molecule has 0 radical (unpaired) electrons. The lowest BCUT2D eigenvalue weighted by Crippen LogP contribution is -2.29. The van der Waals surface area contributed by atoms with E-state index >= 15 is 0 Å². The Morgan fingerprint density at radius 3 is 1.85 bits per heavy atom. The van der Waals surface area contributed by atoms with Gasteiger partial charge in [0.05, 0.1) is 18.0 Å². The van der Waals surface area contributed by atoms with Gasteiger partial charge in [0.25, 0.3) is 0 Å². The summed E-state index contributed by atoms with van der Waals surface area (Å²) in [7, 11) is 0. The number of nitrogens with zero attached hydrogens (tertiary/aromatic N) is 3. The number of carbonyl (C=O) groups excluding carboxylic acids is 2. The van der Waals surface area contributed by atoms with E-state index in [1.165, 1.54) is 22.5 Å². The number of rotatable bonds is 6. The third kappa shape index (κ3) is 6.46. The molecule has 0 amide bonds. The topological polar surface area (TPSA) is 73.0 Å². The molecular weight excluding hydrogens is 518 g/mol. The van der Waals surface area contributed by atoms with Gasteiger partial charge in [-0.1, -0.05) is 98.8 Å². The third-order valence-electron chi connectivity index (χ3n) is 7.02. The Bertz CT molecular complexity index is 1400. The molecule has 1 aliphatic rings. The van der Waals surface area contributed by atoms with Crippen molar-refractivity contribution in [2.24, 2.45) is 21.0 Å². The minimum Gasteiger partial charge on any atom is -0.462 e. The average molecular weight is 564 g/mol. The van der Waals surface area contributed by atoms with Crippen LogP contribution >= 0.6 is 11.3 Å². The van der Waals surface area contributed by atoms with Crippen LogP contribution in [0.1, 0.15) is 114 Å². The van der Waals surface area contributed by atoms with Gasteiger partial charge in [-0.3, -0.25) is 9.36 Å². The van der Waals surface area contributed by atoms with Crippen LogP contribution in [-0.4, -0.2) is 28.6 Å². The largest absolute Gasteiger partial charge is 0.462 e. The highest BCUT2D eigenvalue weighted by Crippen LogP contribution is 2.37. The molecule has 0 aliphatic heterocycles. The number of ether oxygens (including phenoxy) is 1. The van der Waals surface area contributed by atoms with Crippen molar-refractivity contribution >= 4 is 28.8 Å². The van der Waals surface area contributed by atoms with E-state index in [1.54, 1.807) is 6.92 Å². The molecular formula is C33H45N3O3S. The standard InChI is InChI=1S/C33H45N3O3S/c1-13-39-30(38)29-21(6)36(27-23(19(2)3)15-14-16-24(27)20(4)5)31(40-29)35-34-22-17-25(32(7,8)9)28(37)26(18-22)33(10,11)12/h14-20H,13H2,1-12H3. The molecule has 0 saturated carbocycles. The Kier molecular flexibility index (Phi) is 9.29. The highest BCUT2D eigenvalue weighted by molar-refractivity contribution is 7.11. The molecule has 0 saturated heterocycles. The molecule has 0 spiro atoms. The summed E-state index contributed by atoms with van der Waals surface area (Å²) in [5.74, 6) is 0.196. The minimum atomic E-state index is -0.367. The predicted octanol–water partition coefficient (Wildman–Crippen LogP) is 8.06. The van der Waals surface area contributed by atoms with Gasteiger partial charge in [0.2, 0.25) is 4.80 Å². The second-order valence-corrected chi connectivity index (χ2v) is 14.0. The van der Waals surface area contributed by atoms with Crippen LogP contribution in [0.5, 0.6) is 0 Å². The van der Waals surface area contributed by atoms with Gasteiger partial charge in [0.15, 0.2) is 5.78 Å². The SMILES string of the molecule is CCOC(=O)c1sc(=NN=C2C=C(C(C)(C)C)C(=O)C(C(C)(C)C)=C2)n(-c2c(C(C)C)cccc2C(C)C)c1C. The van der Waals surface area contributed by atoms with E-state index in [1.807, 2.05) is 60.6 Å². The first-order valence-corrected chi connectivity index (χ1v) is 14.9. The number of esters is 1. The Hall–Kier alpha value is -3.06. The van der Waals surface area contributed by atoms with Gasteiger partial charge in [-0.15, -0.1) is 10.2 Å². The molecule has 0 fully saturated rings. The molecule has 0 N–H and O–H groups in total. The summed E-state index contributed by atoms with van der Waals surface area (Å²) in [6.45, 7) is 24.9. The highest BCUT2D eigenvalue weighted by Gasteiger charge is 2.34. The summed E-state index contributed by atoms with van der Waals surface area (Å²) >= 11 is 1.28. The van der Waals surface area contributed by atoms with Crippen molar-refractivity contribution in [1.82, 2.24) is 4.57 Å². The smallest absolute Gasteiger partial charge is 0.350 e. The minimum absolute atomic E-state index is 0.0537. The first-order valence-electron chi connectivity index (χ1n) is 14.1. The van der Waals surface area contributed by atoms with Crippen LogP contribution in [0, 0.1) is 17.8 Å². The molecule has 2 aromatic rings. The van der Waals surface area contributed by atoms with Crippen molar-refractivity contribution in [3.05, 3.63) is 68.0 Å². The lowest BCUT2D eigenvalue weighted by molar-refractivity contribution is -0.114. The van der Waals surface area contributed by atoms with Crippen LogP contribution in [0.2, 0.25) is 0 Å². The predicted molar refractivity (Wildman–Crippen MR) is 166 cm³/mol. The number of para-hydroxylation sites is 1. The van der Waals surface area contributed by atoms with Crippen LogP contribution in [0.15, 0.2) is 51.7 Å². The summed E-state index contributed by atoms with van der Waals surface area (Å²) in [5, 5.41) is 9.43. The van der Waals surface area contributed by atoms with Gasteiger partial charge in [-0.25, -0.2) is 4.79 Å². The zero-order valence-electron chi connectivity index (χ0n) is 26.2. The molecule has 216 valence electrons. The van der Waals surface area contributed by atoms with Crippen molar-refractivity contribution in [3.8, 4) is 5.69 Å². The number of carbonyl (C=O) groups is 2. The van der Waals surface area contributed by atoms with Gasteiger partial charge in [-0.2, -0.15) is 0 Å². The summed E-state index contributed by atoms with van der Waals surface area (Å²) in [6, 6.07) is 6.37. The van der Waals surface area contributed by atoms with E-state index in [2.05, 4.69) is 55.6 Å². The van der Waals surface area contributed by atoms with E-state index < -0.39 is 0 Å². The molecule has 1 aromatic heterocycles. The maximum absolute atomic E-state index is 13.4. The Labute approximate surface area is 243 Å². The molecule has 40 heavy (non-hydrogen) atoms. The normalized spacial score (nSPS) is 15.1. The zero-order valence-corrected chi connectivity index (χ0v) is 27.0. The molecule has 0 unspecified atom stereocenters. The van der Waals surface area contributed by atoms with Crippen LogP contribution in [0.25, 0.3) is 5.69 Å². The monoisotopic (exact) mass is 563 g/mol. The molecule has 6 nitrogen and oxygen atoms in total. The summed E-state index contributed by atoms with van der Waals surface area (Å²) in [5.41, 5.74) is 5.50. The van der Waals surface area contributed by atoms with Crippen LogP contribution in [-0.2, 0) is 9.53 Å². The molecule has 0 bridgehead atoms. The van der Waals surface area contributed by atoms with Crippen LogP contribution < -0.4 is 4.80 Å². The van der Waals surface area contributed by atoms with E-state index in [4.69, 9.17) is 9.84 Å². The molecule has 1 heterocycles. The van der Waals surface area contributed by atoms with Crippen molar-refractivity contribution in [3.63, 3.8) is 0 Å². The number of thiazole rings is 1. The van der Waals surface area contributed by atoms with Gasteiger partial charge in [0.1, 0.15) is 4.88 Å². The van der Waals surface area contributed by atoms with Gasteiger partial charge in [-0.05, 0) is 59.8 Å². The van der Waals surface area contributed by atoms with E-state index in [9.17, 15) is 9.59 Å². The lowest BCUT2D eigenvalue weighted by atomic mass is 9.72. The van der Waals surface area contributed by atoms with Crippen molar-refractivity contribution < 1.29 is 14.3 Å². The zero-order chi connectivity index (χ0) is 30.2. The first-order chi connectivity index (χ1) is 18.5. The average Bonchev–Trinajstić information content (AvgIpc) is 3.17. The maximum Gasteiger partial charge on any atom is 0.350 e. The highest BCUT2D eigenvalue weighted by atomic mass is 32.1. The summed E-state index contributed by atoms with van der Waals surface area (Å²) in [4.78, 5) is 27.5. The fourth-order valence-corrected chi connectivity index (χ4v) is 5.79. The van der Waals surface area contributed by atoms with Gasteiger partial charge < -0.3 is 4.74 Å². The Morgan fingerprint density at radius 1 is 0.925 bits per heavy atom. The Morgan fingerprint density at radius 2 is 1.43 bits per heavy atom.